The Hall–Kier alpha value is -3.24. The van der Waals surface area contributed by atoms with Gasteiger partial charge < -0.3 is 20.1 Å². The molecular weight excluding hydrogens is 500 g/mol. The SMILES string of the molecule is C#Cc1ccc2[nH]c(S(=O)(=O)N3CCN(C(=O)c4nc5c(s4)CN(C)CC5)C(C(=O)NC)C3)cc2c1. The van der Waals surface area contributed by atoms with E-state index in [1.807, 2.05) is 7.05 Å². The molecule has 0 radical (unpaired) electrons. The van der Waals surface area contributed by atoms with Crippen LogP contribution in [0.25, 0.3) is 10.9 Å². The minimum atomic E-state index is -3.95. The fraction of sp³-hybridized carbons (Fsp3) is 0.375. The fourth-order valence-corrected chi connectivity index (χ4v) is 7.22. The Labute approximate surface area is 213 Å². The first-order chi connectivity index (χ1) is 17.2. The molecule has 1 saturated heterocycles. The normalized spacial score (nSPS) is 19.1. The number of H-pyrrole nitrogens is 1. The highest BCUT2D eigenvalue weighted by Crippen LogP contribution is 2.28. The Bertz CT molecular complexity index is 1500. The quantitative estimate of drug-likeness (QED) is 0.487. The summed E-state index contributed by atoms with van der Waals surface area (Å²) in [5, 5.41) is 3.59. The molecule has 2 N–H and O–H groups in total. The molecule has 1 atom stereocenters. The van der Waals surface area contributed by atoms with Crippen LogP contribution in [0, 0.1) is 12.3 Å². The lowest BCUT2D eigenvalue weighted by atomic mass is 10.1. The average Bonchev–Trinajstić information content (AvgIpc) is 3.51. The van der Waals surface area contributed by atoms with Crippen LogP contribution in [0.1, 0.15) is 25.9 Å². The maximum atomic E-state index is 13.5. The lowest BCUT2D eigenvalue weighted by Gasteiger charge is -2.39. The molecule has 1 fully saturated rings. The van der Waals surface area contributed by atoms with Crippen LogP contribution in [0.4, 0.5) is 0 Å². The number of aromatic amines is 1. The molecular formula is C24H26N6O4S2. The smallest absolute Gasteiger partial charge is 0.283 e. The number of amides is 2. The minimum Gasteiger partial charge on any atom is -0.357 e. The van der Waals surface area contributed by atoms with Crippen LogP contribution < -0.4 is 5.32 Å². The van der Waals surface area contributed by atoms with E-state index >= 15 is 0 Å². The summed E-state index contributed by atoms with van der Waals surface area (Å²) in [5.74, 6) is 1.76. The number of carbonyl (C=O) groups is 2. The van der Waals surface area contributed by atoms with Gasteiger partial charge >= 0.3 is 0 Å². The van der Waals surface area contributed by atoms with Gasteiger partial charge in [0.05, 0.1) is 5.69 Å². The number of hydrogen-bond donors (Lipinski definition) is 2. The number of terminal acetylenes is 1. The van der Waals surface area contributed by atoms with E-state index in [4.69, 9.17) is 6.42 Å². The van der Waals surface area contributed by atoms with Crippen molar-refractivity contribution in [2.75, 3.05) is 40.3 Å². The third kappa shape index (κ3) is 4.28. The van der Waals surface area contributed by atoms with Gasteiger partial charge in [-0.1, -0.05) is 5.92 Å². The van der Waals surface area contributed by atoms with Crippen LogP contribution in [0.5, 0.6) is 0 Å². The van der Waals surface area contributed by atoms with E-state index in [-0.39, 0.29) is 30.6 Å². The molecule has 36 heavy (non-hydrogen) atoms. The molecule has 2 aromatic heterocycles. The molecule has 0 saturated carbocycles. The highest BCUT2D eigenvalue weighted by Gasteiger charge is 2.41. The molecule has 12 heteroatoms. The molecule has 4 heterocycles. The van der Waals surface area contributed by atoms with Crippen molar-refractivity contribution in [3.63, 3.8) is 0 Å². The van der Waals surface area contributed by atoms with Crippen molar-refractivity contribution in [1.82, 2.24) is 29.4 Å². The summed E-state index contributed by atoms with van der Waals surface area (Å²) in [6.07, 6.45) is 6.23. The van der Waals surface area contributed by atoms with Crippen molar-refractivity contribution in [2.24, 2.45) is 0 Å². The Morgan fingerprint density at radius 3 is 2.81 bits per heavy atom. The maximum Gasteiger partial charge on any atom is 0.283 e. The molecule has 0 bridgehead atoms. The molecule has 2 amide bonds. The van der Waals surface area contributed by atoms with Crippen molar-refractivity contribution in [1.29, 1.82) is 0 Å². The van der Waals surface area contributed by atoms with E-state index in [1.54, 1.807) is 18.2 Å². The summed E-state index contributed by atoms with van der Waals surface area (Å²) in [6, 6.07) is 5.76. The Balaban J connectivity index is 1.40. The van der Waals surface area contributed by atoms with Gasteiger partial charge in [-0.05, 0) is 31.3 Å². The van der Waals surface area contributed by atoms with E-state index in [0.717, 1.165) is 30.1 Å². The summed E-state index contributed by atoms with van der Waals surface area (Å²) >= 11 is 1.34. The highest BCUT2D eigenvalue weighted by atomic mass is 32.2. The number of hydrogen-bond acceptors (Lipinski definition) is 7. The standard InChI is InChI=1S/C24H26N6O4S2/c1-4-15-5-6-17-16(11-15)12-21(26-17)36(33,34)29-9-10-30(19(13-29)22(31)25-2)24(32)23-27-18-7-8-28(3)14-20(18)35-23/h1,5-6,11-12,19,26H,7-10,13-14H2,2-3H3,(H,25,31). The lowest BCUT2D eigenvalue weighted by Crippen LogP contribution is -2.61. The van der Waals surface area contributed by atoms with Gasteiger partial charge in [-0.15, -0.1) is 17.8 Å². The lowest BCUT2D eigenvalue weighted by molar-refractivity contribution is -0.126. The molecule has 1 unspecified atom stereocenters. The predicted octanol–water partition coefficient (Wildman–Crippen LogP) is 0.855. The topological polar surface area (TPSA) is 119 Å². The molecule has 2 aliphatic heterocycles. The van der Waals surface area contributed by atoms with Gasteiger partial charge in [-0.3, -0.25) is 9.59 Å². The van der Waals surface area contributed by atoms with E-state index < -0.39 is 22.0 Å². The monoisotopic (exact) mass is 526 g/mol. The number of carbonyl (C=O) groups excluding carboxylic acids is 2. The number of thiazole rings is 1. The first-order valence-electron chi connectivity index (χ1n) is 11.5. The number of fused-ring (bicyclic) bond motifs is 2. The molecule has 5 rings (SSSR count). The van der Waals surface area contributed by atoms with Gasteiger partial charge in [0.25, 0.3) is 15.9 Å². The largest absolute Gasteiger partial charge is 0.357 e. The van der Waals surface area contributed by atoms with Gasteiger partial charge in [0.2, 0.25) is 5.91 Å². The second-order valence-corrected chi connectivity index (χ2v) is 11.9. The number of aromatic nitrogens is 2. The summed E-state index contributed by atoms with van der Waals surface area (Å²) in [5.41, 5.74) is 2.21. The van der Waals surface area contributed by atoms with Gasteiger partial charge in [0, 0.05) is 67.5 Å². The second kappa shape index (κ2) is 9.33. The zero-order valence-electron chi connectivity index (χ0n) is 19.9. The molecule has 3 aromatic rings. The van der Waals surface area contributed by atoms with Gasteiger partial charge in [0.1, 0.15) is 11.1 Å². The number of rotatable bonds is 4. The second-order valence-electron chi connectivity index (χ2n) is 8.95. The Kier molecular flexibility index (Phi) is 6.34. The average molecular weight is 527 g/mol. The first-order valence-corrected chi connectivity index (χ1v) is 13.8. The van der Waals surface area contributed by atoms with Crippen LogP contribution in [0.15, 0.2) is 29.3 Å². The van der Waals surface area contributed by atoms with Gasteiger partial charge in [0.15, 0.2) is 5.01 Å². The van der Waals surface area contributed by atoms with Crippen molar-refractivity contribution in [3.05, 3.63) is 45.4 Å². The van der Waals surface area contributed by atoms with Crippen LogP contribution in [-0.4, -0.2) is 90.6 Å². The molecule has 188 valence electrons. The summed E-state index contributed by atoms with van der Waals surface area (Å²) in [7, 11) is -0.461. The maximum absolute atomic E-state index is 13.5. The third-order valence-corrected chi connectivity index (χ3v) is 9.50. The van der Waals surface area contributed by atoms with Crippen LogP contribution >= 0.6 is 11.3 Å². The number of benzene rings is 1. The zero-order chi connectivity index (χ0) is 25.6. The van der Waals surface area contributed by atoms with Gasteiger partial charge in [-0.25, -0.2) is 13.4 Å². The highest BCUT2D eigenvalue weighted by molar-refractivity contribution is 7.89. The summed E-state index contributed by atoms with van der Waals surface area (Å²) in [4.78, 5) is 38.4. The summed E-state index contributed by atoms with van der Waals surface area (Å²) < 4.78 is 28.2. The minimum absolute atomic E-state index is 0.0128. The molecule has 2 aliphatic rings. The molecule has 0 spiro atoms. The molecule has 0 aliphatic carbocycles. The molecule has 10 nitrogen and oxygen atoms in total. The number of sulfonamides is 1. The fourth-order valence-electron chi connectivity index (χ4n) is 4.62. The Morgan fingerprint density at radius 2 is 2.06 bits per heavy atom. The van der Waals surface area contributed by atoms with E-state index in [0.29, 0.717) is 21.5 Å². The zero-order valence-corrected chi connectivity index (χ0v) is 21.6. The van der Waals surface area contributed by atoms with Crippen molar-refractivity contribution < 1.29 is 18.0 Å². The van der Waals surface area contributed by atoms with Crippen molar-refractivity contribution >= 4 is 44.1 Å². The number of piperazine rings is 1. The van der Waals surface area contributed by atoms with E-state index in [2.05, 4.69) is 26.1 Å². The summed E-state index contributed by atoms with van der Waals surface area (Å²) in [6.45, 7) is 1.58. The number of likely N-dealkylation sites (N-methyl/N-ethyl adjacent to an activating group) is 2. The van der Waals surface area contributed by atoms with Crippen molar-refractivity contribution in [2.45, 2.75) is 24.0 Å². The predicted molar refractivity (Wildman–Crippen MR) is 136 cm³/mol. The van der Waals surface area contributed by atoms with Crippen LogP contribution in [0.2, 0.25) is 0 Å². The van der Waals surface area contributed by atoms with Crippen LogP contribution in [0.3, 0.4) is 0 Å². The molecule has 1 aromatic carbocycles. The van der Waals surface area contributed by atoms with E-state index in [9.17, 15) is 18.0 Å². The third-order valence-electron chi connectivity index (χ3n) is 6.64. The first kappa shape index (κ1) is 24.5. The van der Waals surface area contributed by atoms with Gasteiger partial charge in [-0.2, -0.15) is 4.31 Å². The Morgan fingerprint density at radius 1 is 1.25 bits per heavy atom. The number of nitrogens with zero attached hydrogens (tertiary/aromatic N) is 4. The van der Waals surface area contributed by atoms with E-state index in [1.165, 1.54) is 33.7 Å². The number of nitrogens with one attached hydrogen (secondary N) is 2. The van der Waals surface area contributed by atoms with Crippen molar-refractivity contribution in [3.8, 4) is 12.3 Å². The van der Waals surface area contributed by atoms with Crippen LogP contribution in [-0.2, 0) is 27.8 Å².